The molecule has 4 aromatic rings. The summed E-state index contributed by atoms with van der Waals surface area (Å²) in [5.74, 6) is 0.0482. The molecule has 218 valence electrons. The topological polar surface area (TPSA) is 24.9 Å². The molecule has 2 aliphatic heterocycles. The van der Waals surface area contributed by atoms with Crippen molar-refractivity contribution >= 4 is 46.4 Å². The van der Waals surface area contributed by atoms with Crippen LogP contribution in [0.1, 0.15) is 11.1 Å². The van der Waals surface area contributed by atoms with Crippen molar-refractivity contribution in [1.82, 2.24) is 10.0 Å². The Morgan fingerprint density at radius 3 is 1.69 bits per heavy atom. The summed E-state index contributed by atoms with van der Waals surface area (Å²) in [5.41, 5.74) is 4.32. The minimum absolute atomic E-state index is 0.107. The Kier molecular flexibility index (Phi) is 8.31. The number of fused-ring (bicyclic) bond motifs is 2. The van der Waals surface area contributed by atoms with Gasteiger partial charge in [0.2, 0.25) is 0 Å². The second kappa shape index (κ2) is 11.8. The summed E-state index contributed by atoms with van der Waals surface area (Å²) < 4.78 is 40.9. The van der Waals surface area contributed by atoms with Crippen LogP contribution in [0.15, 0.2) is 60.7 Å². The van der Waals surface area contributed by atoms with Crippen molar-refractivity contribution in [2.24, 2.45) is 0 Å². The second-order valence-corrected chi connectivity index (χ2v) is 12.4. The van der Waals surface area contributed by atoms with Crippen molar-refractivity contribution in [3.63, 3.8) is 0 Å². The summed E-state index contributed by atoms with van der Waals surface area (Å²) in [7, 11) is 3.98. The maximum absolute atomic E-state index is 14.6. The molecule has 2 unspecified atom stereocenters. The van der Waals surface area contributed by atoms with E-state index in [4.69, 9.17) is 55.9 Å². The predicted molar refractivity (Wildman–Crippen MR) is 165 cm³/mol. The number of likely N-dealkylation sites (N-methyl/N-ethyl adjacent to an activating group) is 2. The van der Waals surface area contributed by atoms with Gasteiger partial charge < -0.3 is 9.47 Å². The quantitative estimate of drug-likeness (QED) is 0.187. The van der Waals surface area contributed by atoms with Gasteiger partial charge in [-0.25, -0.2) is 18.8 Å². The zero-order chi connectivity index (χ0) is 29.7. The normalized spacial score (nSPS) is 17.4. The smallest absolute Gasteiger partial charge is 0.134 e. The Hall–Kier alpha value is -2.58. The van der Waals surface area contributed by atoms with Crippen molar-refractivity contribution in [1.29, 1.82) is 0 Å². The summed E-state index contributed by atoms with van der Waals surface area (Å²) in [6, 6.07) is 16.2. The average Bonchev–Trinajstić information content (AvgIpc) is 3.50. The SMILES string of the molecule is CN(CC1Cc2cc(Cl)cc(-c3ccc(F)cc3F)c2O1)N(C)CC1Cc2cc(Cl)cc(-c3ccc(Cl)cc3Cl)c2O1. The van der Waals surface area contributed by atoms with Crippen LogP contribution < -0.4 is 9.47 Å². The lowest BCUT2D eigenvalue weighted by molar-refractivity contribution is -0.0221. The maximum Gasteiger partial charge on any atom is 0.134 e. The van der Waals surface area contributed by atoms with Crippen LogP contribution in [0, 0.1) is 11.6 Å². The lowest BCUT2D eigenvalue weighted by Gasteiger charge is -2.31. The third kappa shape index (κ3) is 5.94. The van der Waals surface area contributed by atoms with Crippen LogP contribution >= 0.6 is 46.4 Å². The summed E-state index contributed by atoms with van der Waals surface area (Å²) in [6.07, 6.45) is 1.01. The summed E-state index contributed by atoms with van der Waals surface area (Å²) >= 11 is 25.5. The molecule has 0 aliphatic carbocycles. The molecule has 0 bridgehead atoms. The van der Waals surface area contributed by atoms with Gasteiger partial charge in [0.25, 0.3) is 0 Å². The molecule has 0 aromatic heterocycles. The molecule has 0 N–H and O–H groups in total. The first kappa shape index (κ1) is 29.5. The predicted octanol–water partition coefficient (Wildman–Crippen LogP) is 9.00. The van der Waals surface area contributed by atoms with Gasteiger partial charge in [-0.1, -0.05) is 52.5 Å². The first-order chi connectivity index (χ1) is 20.0. The second-order valence-electron chi connectivity index (χ2n) is 10.7. The third-order valence-electron chi connectivity index (χ3n) is 7.69. The summed E-state index contributed by atoms with van der Waals surface area (Å²) in [5, 5.41) is 6.34. The monoisotopic (exact) mass is 648 g/mol. The van der Waals surface area contributed by atoms with E-state index in [1.165, 1.54) is 12.1 Å². The number of hydrazine groups is 1. The van der Waals surface area contributed by atoms with Gasteiger partial charge in [0.05, 0.1) is 18.1 Å². The van der Waals surface area contributed by atoms with Crippen molar-refractivity contribution in [2.75, 3.05) is 27.2 Å². The van der Waals surface area contributed by atoms with E-state index in [-0.39, 0.29) is 17.8 Å². The molecule has 0 amide bonds. The van der Waals surface area contributed by atoms with Crippen LogP contribution in [0.25, 0.3) is 22.3 Å². The van der Waals surface area contributed by atoms with Crippen molar-refractivity contribution in [3.8, 4) is 33.8 Å². The molecule has 2 heterocycles. The van der Waals surface area contributed by atoms with Crippen LogP contribution in [-0.4, -0.2) is 49.4 Å². The van der Waals surface area contributed by atoms with Crippen LogP contribution in [0.5, 0.6) is 11.5 Å². The van der Waals surface area contributed by atoms with Gasteiger partial charge in [0.1, 0.15) is 35.3 Å². The Morgan fingerprint density at radius 2 is 1.17 bits per heavy atom. The van der Waals surface area contributed by atoms with Gasteiger partial charge in [-0.2, -0.15) is 0 Å². The van der Waals surface area contributed by atoms with E-state index in [0.29, 0.717) is 57.3 Å². The largest absolute Gasteiger partial charge is 0.488 e. The minimum Gasteiger partial charge on any atom is -0.488 e. The van der Waals surface area contributed by atoms with Gasteiger partial charge in [-0.3, -0.25) is 0 Å². The lowest BCUT2D eigenvalue weighted by Crippen LogP contribution is -2.46. The van der Waals surface area contributed by atoms with E-state index in [1.54, 1.807) is 18.2 Å². The highest BCUT2D eigenvalue weighted by molar-refractivity contribution is 6.36. The fourth-order valence-corrected chi connectivity index (χ4v) is 6.67. The Balaban J connectivity index is 1.13. The number of benzene rings is 4. The molecule has 0 spiro atoms. The average molecular weight is 650 g/mol. The highest BCUT2D eigenvalue weighted by Crippen LogP contribution is 2.45. The highest BCUT2D eigenvalue weighted by atomic mass is 35.5. The van der Waals surface area contributed by atoms with Crippen molar-refractivity contribution in [2.45, 2.75) is 25.0 Å². The van der Waals surface area contributed by atoms with E-state index < -0.39 is 11.6 Å². The number of halogens is 6. The minimum atomic E-state index is -0.663. The Bertz CT molecular complexity index is 1560. The fourth-order valence-electron chi connectivity index (χ4n) is 5.68. The number of hydrogen-bond acceptors (Lipinski definition) is 4. The van der Waals surface area contributed by atoms with E-state index in [1.807, 2.05) is 38.4 Å². The Morgan fingerprint density at radius 1 is 0.643 bits per heavy atom. The molecule has 4 aromatic carbocycles. The van der Waals surface area contributed by atoms with E-state index >= 15 is 0 Å². The van der Waals surface area contributed by atoms with Gasteiger partial charge >= 0.3 is 0 Å². The van der Waals surface area contributed by atoms with Gasteiger partial charge in [-0.05, 0) is 59.7 Å². The Labute approximate surface area is 263 Å². The molecule has 0 fully saturated rings. The van der Waals surface area contributed by atoms with E-state index in [9.17, 15) is 8.78 Å². The molecule has 2 aliphatic rings. The highest BCUT2D eigenvalue weighted by Gasteiger charge is 2.32. The molecule has 42 heavy (non-hydrogen) atoms. The molecule has 4 nitrogen and oxygen atoms in total. The first-order valence-corrected chi connectivity index (χ1v) is 14.9. The summed E-state index contributed by atoms with van der Waals surface area (Å²) in [4.78, 5) is 0. The van der Waals surface area contributed by atoms with Crippen molar-refractivity contribution in [3.05, 3.63) is 104 Å². The number of rotatable bonds is 7. The fraction of sp³-hybridized carbons (Fsp3) is 0.250. The molecule has 0 radical (unpaired) electrons. The molecular formula is C32H26Cl4F2N2O2. The van der Waals surface area contributed by atoms with E-state index in [0.717, 1.165) is 34.1 Å². The van der Waals surface area contributed by atoms with Crippen LogP contribution in [-0.2, 0) is 12.8 Å². The van der Waals surface area contributed by atoms with E-state index in [2.05, 4.69) is 10.0 Å². The number of hydrogen-bond donors (Lipinski definition) is 0. The molecule has 6 rings (SSSR count). The molecular weight excluding hydrogens is 624 g/mol. The van der Waals surface area contributed by atoms with Gasteiger partial charge in [0.15, 0.2) is 0 Å². The van der Waals surface area contributed by atoms with Gasteiger partial charge in [-0.15, -0.1) is 0 Å². The zero-order valence-corrected chi connectivity index (χ0v) is 25.8. The van der Waals surface area contributed by atoms with Gasteiger partial charge in [0, 0.05) is 70.3 Å². The number of nitrogens with zero attached hydrogens (tertiary/aromatic N) is 2. The molecule has 0 saturated heterocycles. The molecule has 0 saturated carbocycles. The summed E-state index contributed by atoms with van der Waals surface area (Å²) in [6.45, 7) is 1.19. The first-order valence-electron chi connectivity index (χ1n) is 13.4. The standard InChI is InChI=1S/C32H26Cl4F2N2O2/c1-39(15-23-9-17-7-20(34)11-27(31(17)41-23)25-5-3-19(33)13-29(25)36)40(2)16-24-10-18-8-21(35)12-28(32(18)42-24)26-6-4-22(37)14-30(26)38/h3-8,11-14,23-24H,9-10,15-16H2,1-2H3. The lowest BCUT2D eigenvalue weighted by atomic mass is 10.00. The van der Waals surface area contributed by atoms with Crippen molar-refractivity contribution < 1.29 is 18.3 Å². The van der Waals surface area contributed by atoms with Crippen LogP contribution in [0.4, 0.5) is 8.78 Å². The molecule has 2 atom stereocenters. The van der Waals surface area contributed by atoms with Crippen LogP contribution in [0.3, 0.4) is 0 Å². The maximum atomic E-state index is 14.6. The third-order valence-corrected chi connectivity index (χ3v) is 8.67. The molecule has 10 heteroatoms. The zero-order valence-electron chi connectivity index (χ0n) is 22.7. The van der Waals surface area contributed by atoms with Crippen LogP contribution in [0.2, 0.25) is 20.1 Å². The number of ether oxygens (including phenoxy) is 2.